The van der Waals surface area contributed by atoms with Gasteiger partial charge in [0, 0.05) is 40.2 Å². The standard InChI is InChI=1S/C22H18ClN3OS/c23-20-6-2-1-5-17(20)13-24-22(27)16-8-10-19(11-9-16)28-15-18-14-26-12-4-3-7-21(26)25-18/h1-12,14H,13,15H2,(H,24,27). The van der Waals surface area contributed by atoms with Crippen LogP contribution >= 0.6 is 23.4 Å². The van der Waals surface area contributed by atoms with Crippen LogP contribution in [0.3, 0.4) is 0 Å². The van der Waals surface area contributed by atoms with Gasteiger partial charge in [0.05, 0.1) is 5.69 Å². The molecule has 2 aromatic heterocycles. The zero-order chi connectivity index (χ0) is 19.3. The maximum Gasteiger partial charge on any atom is 0.251 e. The van der Waals surface area contributed by atoms with Crippen molar-refractivity contribution < 1.29 is 4.79 Å². The van der Waals surface area contributed by atoms with E-state index < -0.39 is 0 Å². The van der Waals surface area contributed by atoms with E-state index in [9.17, 15) is 4.79 Å². The number of hydrogen-bond acceptors (Lipinski definition) is 3. The Morgan fingerprint density at radius 2 is 1.82 bits per heavy atom. The monoisotopic (exact) mass is 407 g/mol. The summed E-state index contributed by atoms with van der Waals surface area (Å²) in [5.74, 6) is 0.663. The van der Waals surface area contributed by atoms with Crippen LogP contribution in [-0.2, 0) is 12.3 Å². The lowest BCUT2D eigenvalue weighted by molar-refractivity contribution is 0.0951. The summed E-state index contributed by atoms with van der Waals surface area (Å²) in [6, 6.07) is 21.1. The van der Waals surface area contributed by atoms with E-state index in [0.29, 0.717) is 17.1 Å². The van der Waals surface area contributed by atoms with Gasteiger partial charge in [-0.15, -0.1) is 11.8 Å². The van der Waals surface area contributed by atoms with Crippen molar-refractivity contribution in [2.45, 2.75) is 17.2 Å². The molecule has 1 N–H and O–H groups in total. The molecule has 0 radical (unpaired) electrons. The maximum atomic E-state index is 12.3. The number of carbonyl (C=O) groups is 1. The van der Waals surface area contributed by atoms with Crippen LogP contribution in [0.2, 0.25) is 5.02 Å². The molecule has 140 valence electrons. The van der Waals surface area contributed by atoms with Gasteiger partial charge in [-0.25, -0.2) is 4.98 Å². The van der Waals surface area contributed by atoms with Gasteiger partial charge in [0.1, 0.15) is 5.65 Å². The number of thioether (sulfide) groups is 1. The molecule has 4 rings (SSSR count). The number of benzene rings is 2. The van der Waals surface area contributed by atoms with Crippen LogP contribution in [0.4, 0.5) is 0 Å². The lowest BCUT2D eigenvalue weighted by atomic mass is 10.2. The van der Waals surface area contributed by atoms with Crippen LogP contribution in [0.25, 0.3) is 5.65 Å². The van der Waals surface area contributed by atoms with Crippen molar-refractivity contribution in [1.29, 1.82) is 0 Å². The molecule has 0 saturated heterocycles. The molecule has 4 nitrogen and oxygen atoms in total. The molecule has 2 aromatic carbocycles. The van der Waals surface area contributed by atoms with E-state index in [1.807, 2.05) is 83.5 Å². The Bertz CT molecular complexity index is 1080. The normalized spacial score (nSPS) is 10.9. The van der Waals surface area contributed by atoms with E-state index in [4.69, 9.17) is 11.6 Å². The first-order chi connectivity index (χ1) is 13.7. The quantitative estimate of drug-likeness (QED) is 0.446. The summed E-state index contributed by atoms with van der Waals surface area (Å²) in [6.07, 6.45) is 4.03. The second-order valence-electron chi connectivity index (χ2n) is 6.29. The first-order valence-electron chi connectivity index (χ1n) is 8.86. The lowest BCUT2D eigenvalue weighted by Gasteiger charge is -2.07. The minimum absolute atomic E-state index is 0.114. The van der Waals surface area contributed by atoms with E-state index in [1.54, 1.807) is 11.8 Å². The van der Waals surface area contributed by atoms with Crippen molar-refractivity contribution in [3.8, 4) is 0 Å². The second kappa shape index (κ2) is 8.50. The smallest absolute Gasteiger partial charge is 0.251 e. The van der Waals surface area contributed by atoms with Crippen LogP contribution in [0.5, 0.6) is 0 Å². The summed E-state index contributed by atoms with van der Waals surface area (Å²) in [6.45, 7) is 0.406. The number of nitrogens with zero attached hydrogens (tertiary/aromatic N) is 2. The van der Waals surface area contributed by atoms with Crippen molar-refractivity contribution in [1.82, 2.24) is 14.7 Å². The molecule has 28 heavy (non-hydrogen) atoms. The number of aromatic nitrogens is 2. The summed E-state index contributed by atoms with van der Waals surface area (Å²) in [5, 5.41) is 3.56. The number of fused-ring (bicyclic) bond motifs is 1. The zero-order valence-corrected chi connectivity index (χ0v) is 16.6. The van der Waals surface area contributed by atoms with Gasteiger partial charge in [-0.3, -0.25) is 4.79 Å². The van der Waals surface area contributed by atoms with E-state index in [0.717, 1.165) is 27.6 Å². The predicted molar refractivity (Wildman–Crippen MR) is 114 cm³/mol. The Morgan fingerprint density at radius 3 is 2.61 bits per heavy atom. The topological polar surface area (TPSA) is 46.4 Å². The molecule has 0 atom stereocenters. The Morgan fingerprint density at radius 1 is 1.04 bits per heavy atom. The van der Waals surface area contributed by atoms with E-state index >= 15 is 0 Å². The Labute approximate surface area is 172 Å². The van der Waals surface area contributed by atoms with E-state index in [-0.39, 0.29) is 5.91 Å². The Hall–Kier alpha value is -2.76. The van der Waals surface area contributed by atoms with Crippen molar-refractivity contribution in [2.24, 2.45) is 0 Å². The van der Waals surface area contributed by atoms with Crippen molar-refractivity contribution in [3.63, 3.8) is 0 Å². The molecule has 2 heterocycles. The highest BCUT2D eigenvalue weighted by Crippen LogP contribution is 2.23. The minimum atomic E-state index is -0.114. The molecule has 1 amide bonds. The first-order valence-corrected chi connectivity index (χ1v) is 10.2. The predicted octanol–water partition coefficient (Wildman–Crippen LogP) is 5.21. The third-order valence-corrected chi connectivity index (χ3v) is 5.73. The number of imidazole rings is 1. The second-order valence-corrected chi connectivity index (χ2v) is 7.74. The van der Waals surface area contributed by atoms with Crippen LogP contribution in [0.15, 0.2) is 84.0 Å². The maximum absolute atomic E-state index is 12.3. The molecule has 4 aromatic rings. The molecule has 6 heteroatoms. The fourth-order valence-electron chi connectivity index (χ4n) is 2.84. The summed E-state index contributed by atoms with van der Waals surface area (Å²) >= 11 is 7.82. The number of amides is 1. The molecule has 0 aliphatic rings. The fourth-order valence-corrected chi connectivity index (χ4v) is 3.82. The summed E-state index contributed by atoms with van der Waals surface area (Å²) in [7, 11) is 0. The van der Waals surface area contributed by atoms with Gasteiger partial charge >= 0.3 is 0 Å². The van der Waals surface area contributed by atoms with Gasteiger partial charge < -0.3 is 9.72 Å². The molecule has 0 bridgehead atoms. The van der Waals surface area contributed by atoms with Gasteiger partial charge in [-0.05, 0) is 48.0 Å². The number of rotatable bonds is 6. The molecule has 0 aliphatic heterocycles. The van der Waals surface area contributed by atoms with Crippen LogP contribution < -0.4 is 5.32 Å². The van der Waals surface area contributed by atoms with Gasteiger partial charge in [0.15, 0.2) is 0 Å². The third-order valence-electron chi connectivity index (χ3n) is 4.31. The lowest BCUT2D eigenvalue weighted by Crippen LogP contribution is -2.22. The highest BCUT2D eigenvalue weighted by atomic mass is 35.5. The average Bonchev–Trinajstić information content (AvgIpc) is 3.15. The molecule has 0 saturated carbocycles. The van der Waals surface area contributed by atoms with Gasteiger partial charge in [-0.2, -0.15) is 0 Å². The van der Waals surface area contributed by atoms with Crippen LogP contribution in [0, 0.1) is 0 Å². The summed E-state index contributed by atoms with van der Waals surface area (Å²) in [5.41, 5.74) is 3.50. The minimum Gasteiger partial charge on any atom is -0.348 e. The largest absolute Gasteiger partial charge is 0.348 e. The summed E-state index contributed by atoms with van der Waals surface area (Å²) < 4.78 is 2.02. The number of carbonyl (C=O) groups excluding carboxylic acids is 1. The molecule has 0 fully saturated rings. The fraction of sp³-hybridized carbons (Fsp3) is 0.0909. The molecule has 0 spiro atoms. The Balaban J connectivity index is 1.34. The number of nitrogens with one attached hydrogen (secondary N) is 1. The number of halogens is 1. The zero-order valence-electron chi connectivity index (χ0n) is 15.0. The molecular formula is C22H18ClN3OS. The third kappa shape index (κ3) is 4.38. The van der Waals surface area contributed by atoms with Crippen LogP contribution in [-0.4, -0.2) is 15.3 Å². The molecule has 0 unspecified atom stereocenters. The number of hydrogen-bond donors (Lipinski definition) is 1. The Kier molecular flexibility index (Phi) is 5.65. The van der Waals surface area contributed by atoms with Crippen molar-refractivity contribution in [3.05, 3.63) is 101 Å². The SMILES string of the molecule is O=C(NCc1ccccc1Cl)c1ccc(SCc2cn3ccccc3n2)cc1. The highest BCUT2D eigenvalue weighted by Gasteiger charge is 2.07. The molecular weight excluding hydrogens is 390 g/mol. The first kappa shape index (κ1) is 18.6. The highest BCUT2D eigenvalue weighted by molar-refractivity contribution is 7.98. The average molecular weight is 408 g/mol. The van der Waals surface area contributed by atoms with E-state index in [1.165, 1.54) is 0 Å². The van der Waals surface area contributed by atoms with Crippen molar-refractivity contribution in [2.75, 3.05) is 0 Å². The molecule has 0 aliphatic carbocycles. The van der Waals surface area contributed by atoms with Gasteiger partial charge in [0.2, 0.25) is 0 Å². The van der Waals surface area contributed by atoms with Gasteiger partial charge in [0.25, 0.3) is 5.91 Å². The van der Waals surface area contributed by atoms with Crippen molar-refractivity contribution >= 4 is 34.9 Å². The van der Waals surface area contributed by atoms with E-state index in [2.05, 4.69) is 10.3 Å². The van der Waals surface area contributed by atoms with Gasteiger partial charge in [-0.1, -0.05) is 35.9 Å². The number of pyridine rings is 1. The summed E-state index contributed by atoms with van der Waals surface area (Å²) in [4.78, 5) is 18.0. The van der Waals surface area contributed by atoms with Crippen LogP contribution in [0.1, 0.15) is 21.6 Å².